The minimum absolute atomic E-state index is 0.0627. The number of aryl methyl sites for hydroxylation is 1. The monoisotopic (exact) mass is 339 g/mol. The molecule has 2 aliphatic rings. The number of hydrogen-bond donors (Lipinski definition) is 1. The maximum Gasteiger partial charge on any atom is 0.221 e. The second-order valence-electron chi connectivity index (χ2n) is 7.57. The fraction of sp³-hybridized carbons (Fsp3) is 0.550. The van der Waals surface area contributed by atoms with Crippen molar-refractivity contribution in [3.8, 4) is 0 Å². The van der Waals surface area contributed by atoms with Gasteiger partial charge in [-0.25, -0.2) is 0 Å². The average molecular weight is 339 g/mol. The van der Waals surface area contributed by atoms with Gasteiger partial charge in [0.2, 0.25) is 11.3 Å². The number of rotatable bonds is 6. The molecule has 1 aromatic carbocycles. The lowest BCUT2D eigenvalue weighted by Crippen LogP contribution is -2.28. The number of aromatic nitrogens is 2. The zero-order chi connectivity index (χ0) is 17.2. The summed E-state index contributed by atoms with van der Waals surface area (Å²) in [6, 6.07) is 7.40. The molecule has 2 aromatic rings. The van der Waals surface area contributed by atoms with Gasteiger partial charge in [-0.1, -0.05) is 18.6 Å². The van der Waals surface area contributed by atoms with E-state index >= 15 is 0 Å². The van der Waals surface area contributed by atoms with E-state index in [0.717, 1.165) is 36.2 Å². The number of amides is 1. The molecule has 1 N–H and O–H groups in total. The van der Waals surface area contributed by atoms with Crippen LogP contribution in [0, 0.1) is 17.8 Å². The van der Waals surface area contributed by atoms with E-state index in [1.165, 1.54) is 31.9 Å². The van der Waals surface area contributed by atoms with E-state index in [9.17, 15) is 9.59 Å². The van der Waals surface area contributed by atoms with Gasteiger partial charge in [-0.05, 0) is 55.6 Å². The molecule has 5 heteroatoms. The van der Waals surface area contributed by atoms with E-state index in [-0.39, 0.29) is 11.3 Å². The Morgan fingerprint density at radius 3 is 2.92 bits per heavy atom. The molecule has 0 saturated heterocycles. The van der Waals surface area contributed by atoms with E-state index in [1.54, 1.807) is 10.7 Å². The molecule has 4 rings (SSSR count). The van der Waals surface area contributed by atoms with Crippen LogP contribution in [0.3, 0.4) is 0 Å². The number of carbonyl (C=O) groups excluding carboxylic acids is 1. The van der Waals surface area contributed by atoms with Gasteiger partial charge < -0.3 is 5.32 Å². The Morgan fingerprint density at radius 2 is 2.12 bits per heavy atom. The van der Waals surface area contributed by atoms with E-state index in [2.05, 4.69) is 10.4 Å². The Balaban J connectivity index is 1.28. The first kappa shape index (κ1) is 16.3. The van der Waals surface area contributed by atoms with Crippen molar-refractivity contribution in [2.75, 3.05) is 6.54 Å². The molecule has 2 aliphatic carbocycles. The van der Waals surface area contributed by atoms with Crippen LogP contribution in [0.4, 0.5) is 0 Å². The molecular weight excluding hydrogens is 314 g/mol. The smallest absolute Gasteiger partial charge is 0.221 e. The van der Waals surface area contributed by atoms with Gasteiger partial charge >= 0.3 is 0 Å². The Kier molecular flexibility index (Phi) is 4.55. The van der Waals surface area contributed by atoms with Gasteiger partial charge in [-0.2, -0.15) is 5.10 Å². The number of carbonyl (C=O) groups is 1. The highest BCUT2D eigenvalue weighted by atomic mass is 16.1. The number of para-hydroxylation sites is 1. The summed E-state index contributed by atoms with van der Waals surface area (Å²) >= 11 is 0. The number of nitrogens with zero attached hydrogens (tertiary/aromatic N) is 2. The maximum absolute atomic E-state index is 12.1. The summed E-state index contributed by atoms with van der Waals surface area (Å²) in [5, 5.41) is 7.88. The number of benzene rings is 1. The third-order valence-corrected chi connectivity index (χ3v) is 6.03. The lowest BCUT2D eigenvalue weighted by atomic mass is 9.86. The Morgan fingerprint density at radius 1 is 1.24 bits per heavy atom. The first-order valence-electron chi connectivity index (χ1n) is 9.42. The highest BCUT2D eigenvalue weighted by Gasteiger charge is 2.38. The quantitative estimate of drug-likeness (QED) is 0.880. The molecule has 1 heterocycles. The Hall–Kier alpha value is -2.17. The lowest BCUT2D eigenvalue weighted by molar-refractivity contribution is -0.121. The van der Waals surface area contributed by atoms with Crippen molar-refractivity contribution in [1.82, 2.24) is 15.1 Å². The predicted molar refractivity (Wildman–Crippen MR) is 97.2 cm³/mol. The van der Waals surface area contributed by atoms with Crippen LogP contribution in [0.1, 0.15) is 38.5 Å². The molecule has 2 saturated carbocycles. The van der Waals surface area contributed by atoms with E-state index in [4.69, 9.17) is 0 Å². The molecule has 2 fully saturated rings. The molecular formula is C20H25N3O2. The first-order chi connectivity index (χ1) is 12.2. The van der Waals surface area contributed by atoms with Crippen LogP contribution in [-0.2, 0) is 11.3 Å². The van der Waals surface area contributed by atoms with Gasteiger partial charge in [0, 0.05) is 18.4 Å². The summed E-state index contributed by atoms with van der Waals surface area (Å²) in [5.41, 5.74) is 0.701. The summed E-state index contributed by atoms with van der Waals surface area (Å²) in [6.07, 6.45) is 8.44. The molecule has 2 bridgehead atoms. The van der Waals surface area contributed by atoms with Crippen molar-refractivity contribution in [3.05, 3.63) is 40.7 Å². The van der Waals surface area contributed by atoms with Gasteiger partial charge in [0.15, 0.2) is 0 Å². The van der Waals surface area contributed by atoms with Crippen molar-refractivity contribution in [2.24, 2.45) is 17.8 Å². The number of fused-ring (bicyclic) bond motifs is 3. The van der Waals surface area contributed by atoms with E-state index in [1.807, 2.05) is 18.2 Å². The normalized spacial score (nSPS) is 24.7. The van der Waals surface area contributed by atoms with Gasteiger partial charge in [-0.15, -0.1) is 0 Å². The summed E-state index contributed by atoms with van der Waals surface area (Å²) in [6.45, 7) is 1.27. The minimum atomic E-state index is -0.0813. The van der Waals surface area contributed by atoms with Crippen LogP contribution in [0.5, 0.6) is 0 Å². The molecule has 132 valence electrons. The van der Waals surface area contributed by atoms with Crippen LogP contribution in [0.2, 0.25) is 0 Å². The molecule has 25 heavy (non-hydrogen) atoms. The summed E-state index contributed by atoms with van der Waals surface area (Å²) < 4.78 is 1.74. The van der Waals surface area contributed by atoms with Crippen molar-refractivity contribution in [2.45, 2.75) is 45.1 Å². The molecule has 0 aliphatic heterocycles. The second kappa shape index (κ2) is 6.98. The van der Waals surface area contributed by atoms with E-state index < -0.39 is 0 Å². The topological polar surface area (TPSA) is 64.0 Å². The highest BCUT2D eigenvalue weighted by Crippen LogP contribution is 2.49. The zero-order valence-corrected chi connectivity index (χ0v) is 14.5. The van der Waals surface area contributed by atoms with Crippen LogP contribution < -0.4 is 10.7 Å². The molecule has 5 nitrogen and oxygen atoms in total. The molecule has 0 spiro atoms. The summed E-state index contributed by atoms with van der Waals surface area (Å²) in [5.74, 6) is 2.76. The average Bonchev–Trinajstić information content (AvgIpc) is 3.25. The molecule has 0 radical (unpaired) electrons. The van der Waals surface area contributed by atoms with Gasteiger partial charge in [0.05, 0.1) is 18.3 Å². The third-order valence-electron chi connectivity index (χ3n) is 6.03. The zero-order valence-electron chi connectivity index (χ0n) is 14.5. The highest BCUT2D eigenvalue weighted by molar-refractivity contribution is 5.79. The molecule has 3 atom stereocenters. The van der Waals surface area contributed by atoms with Gasteiger partial charge in [-0.3, -0.25) is 14.3 Å². The molecule has 1 amide bonds. The van der Waals surface area contributed by atoms with Crippen LogP contribution >= 0.6 is 0 Å². The van der Waals surface area contributed by atoms with Crippen LogP contribution in [-0.4, -0.2) is 22.2 Å². The largest absolute Gasteiger partial charge is 0.356 e. The van der Waals surface area contributed by atoms with Crippen LogP contribution in [0.15, 0.2) is 35.3 Å². The third kappa shape index (κ3) is 3.46. The Bertz CT molecular complexity index is 829. The van der Waals surface area contributed by atoms with Crippen molar-refractivity contribution in [3.63, 3.8) is 0 Å². The molecule has 1 aromatic heterocycles. The fourth-order valence-corrected chi connectivity index (χ4v) is 4.76. The minimum Gasteiger partial charge on any atom is -0.356 e. The molecule has 0 unspecified atom stereocenters. The summed E-state index contributed by atoms with van der Waals surface area (Å²) in [4.78, 5) is 24.0. The van der Waals surface area contributed by atoms with Crippen molar-refractivity contribution >= 4 is 16.8 Å². The number of hydrogen-bond acceptors (Lipinski definition) is 3. The van der Waals surface area contributed by atoms with E-state index in [0.29, 0.717) is 18.4 Å². The lowest BCUT2D eigenvalue weighted by Gasteiger charge is -2.21. The second-order valence-corrected chi connectivity index (χ2v) is 7.57. The number of nitrogens with one attached hydrogen (secondary N) is 1. The van der Waals surface area contributed by atoms with Crippen LogP contribution in [0.25, 0.3) is 10.9 Å². The van der Waals surface area contributed by atoms with Crippen molar-refractivity contribution < 1.29 is 4.79 Å². The Labute approximate surface area is 147 Å². The first-order valence-corrected chi connectivity index (χ1v) is 9.42. The maximum atomic E-state index is 12.1. The van der Waals surface area contributed by atoms with Crippen molar-refractivity contribution in [1.29, 1.82) is 0 Å². The standard InChI is InChI=1S/C20H25N3O2/c24-19-13-22-23(18-4-2-1-3-17(18)19)10-8-20(25)21-9-7-16-12-14-5-6-15(16)11-14/h1-4,13-16H,5-12H2,(H,21,25)/t14-,15-,16+/m0/s1. The van der Waals surface area contributed by atoms with Gasteiger partial charge in [0.1, 0.15) is 0 Å². The fourth-order valence-electron chi connectivity index (χ4n) is 4.76. The SMILES string of the molecule is O=C(CCn1ncc(=O)c2ccccc21)NCC[C@@H]1C[C@H]2CC[C@H]1C2. The predicted octanol–water partition coefficient (Wildman–Crippen LogP) is 2.73. The van der Waals surface area contributed by atoms with Gasteiger partial charge in [0.25, 0.3) is 0 Å². The summed E-state index contributed by atoms with van der Waals surface area (Å²) in [7, 11) is 0.